The van der Waals surface area contributed by atoms with Gasteiger partial charge in [0.25, 0.3) is 0 Å². The van der Waals surface area contributed by atoms with E-state index in [1.54, 1.807) is 5.57 Å². The van der Waals surface area contributed by atoms with Crippen molar-refractivity contribution in [3.63, 3.8) is 0 Å². The second-order valence-corrected chi connectivity index (χ2v) is 6.71. The summed E-state index contributed by atoms with van der Waals surface area (Å²) >= 11 is 2.20. The maximum absolute atomic E-state index is 3.82. The lowest BCUT2D eigenvalue weighted by Crippen LogP contribution is -2.39. The standard InChI is InChI=1S/C15H27NS/c1-2-11-16-15(14-10-7-12-17-14)13-8-5-3-4-6-9-13/h8,14-16H,2-7,9-12H2,1H3. The van der Waals surface area contributed by atoms with E-state index in [4.69, 9.17) is 0 Å². The largest absolute Gasteiger partial charge is 0.309 e. The van der Waals surface area contributed by atoms with Crippen molar-refractivity contribution >= 4 is 11.8 Å². The first-order chi connectivity index (χ1) is 8.42. The normalized spacial score (nSPS) is 27.6. The van der Waals surface area contributed by atoms with Crippen LogP contribution in [0.1, 0.15) is 58.3 Å². The Balaban J connectivity index is 1.99. The highest BCUT2D eigenvalue weighted by Crippen LogP contribution is 2.33. The molecule has 98 valence electrons. The van der Waals surface area contributed by atoms with Crippen LogP contribution < -0.4 is 5.32 Å². The van der Waals surface area contributed by atoms with Crippen LogP contribution in [0.25, 0.3) is 0 Å². The fourth-order valence-electron chi connectivity index (χ4n) is 2.99. The molecule has 0 amide bonds. The summed E-state index contributed by atoms with van der Waals surface area (Å²) in [7, 11) is 0. The molecule has 2 rings (SSSR count). The highest BCUT2D eigenvalue weighted by molar-refractivity contribution is 8.00. The van der Waals surface area contributed by atoms with Gasteiger partial charge in [-0.3, -0.25) is 0 Å². The molecule has 1 aliphatic carbocycles. The lowest BCUT2D eigenvalue weighted by molar-refractivity contribution is 0.519. The van der Waals surface area contributed by atoms with Gasteiger partial charge in [0.05, 0.1) is 0 Å². The topological polar surface area (TPSA) is 12.0 Å². The third-order valence-corrected chi connectivity index (χ3v) is 5.39. The molecular formula is C15H27NS. The van der Waals surface area contributed by atoms with Crippen LogP contribution in [0.3, 0.4) is 0 Å². The van der Waals surface area contributed by atoms with E-state index in [0.717, 1.165) is 5.25 Å². The van der Waals surface area contributed by atoms with Crippen molar-refractivity contribution in [2.45, 2.75) is 69.6 Å². The Morgan fingerprint density at radius 1 is 1.35 bits per heavy atom. The number of hydrogen-bond acceptors (Lipinski definition) is 2. The number of allylic oxidation sites excluding steroid dienone is 1. The third kappa shape index (κ3) is 4.03. The molecule has 0 bridgehead atoms. The smallest absolute Gasteiger partial charge is 0.0399 e. The van der Waals surface area contributed by atoms with Crippen LogP contribution in [0.15, 0.2) is 11.6 Å². The van der Waals surface area contributed by atoms with Gasteiger partial charge in [-0.2, -0.15) is 11.8 Å². The summed E-state index contributed by atoms with van der Waals surface area (Å²) in [4.78, 5) is 0. The molecule has 2 heteroatoms. The number of thioether (sulfide) groups is 1. The maximum Gasteiger partial charge on any atom is 0.0399 e. The van der Waals surface area contributed by atoms with E-state index in [2.05, 4.69) is 30.1 Å². The number of hydrogen-bond donors (Lipinski definition) is 1. The fraction of sp³-hybridized carbons (Fsp3) is 0.867. The molecule has 2 aliphatic rings. The Hall–Kier alpha value is 0.0500. The summed E-state index contributed by atoms with van der Waals surface area (Å²) in [6.45, 7) is 3.45. The predicted octanol–water partition coefficient (Wildman–Crippen LogP) is 4.14. The zero-order chi connectivity index (χ0) is 11.9. The molecule has 0 aromatic heterocycles. The molecule has 0 saturated carbocycles. The van der Waals surface area contributed by atoms with Crippen molar-refractivity contribution in [3.05, 3.63) is 11.6 Å². The molecular weight excluding hydrogens is 226 g/mol. The summed E-state index contributed by atoms with van der Waals surface area (Å²) in [5.41, 5.74) is 1.73. The monoisotopic (exact) mass is 253 g/mol. The molecule has 0 aromatic carbocycles. The SMILES string of the molecule is CCCNC(C1=CCCCCC1)C1CCCS1. The van der Waals surface area contributed by atoms with Gasteiger partial charge in [-0.05, 0) is 57.2 Å². The fourth-order valence-corrected chi connectivity index (χ4v) is 4.42. The lowest BCUT2D eigenvalue weighted by atomic mass is 9.96. The van der Waals surface area contributed by atoms with Gasteiger partial charge >= 0.3 is 0 Å². The minimum absolute atomic E-state index is 0.681. The minimum atomic E-state index is 0.681. The van der Waals surface area contributed by atoms with E-state index in [0.29, 0.717) is 6.04 Å². The molecule has 2 unspecified atom stereocenters. The Morgan fingerprint density at radius 3 is 3.06 bits per heavy atom. The Bertz CT molecular complexity index is 243. The Morgan fingerprint density at radius 2 is 2.29 bits per heavy atom. The summed E-state index contributed by atoms with van der Waals surface area (Å²) in [6, 6.07) is 0.681. The lowest BCUT2D eigenvalue weighted by Gasteiger charge is -2.27. The van der Waals surface area contributed by atoms with E-state index in [-0.39, 0.29) is 0 Å². The van der Waals surface area contributed by atoms with Gasteiger partial charge in [0.2, 0.25) is 0 Å². The maximum atomic E-state index is 3.82. The van der Waals surface area contributed by atoms with Crippen LogP contribution >= 0.6 is 11.8 Å². The molecule has 17 heavy (non-hydrogen) atoms. The van der Waals surface area contributed by atoms with Crippen LogP contribution in [-0.2, 0) is 0 Å². The van der Waals surface area contributed by atoms with Crippen molar-refractivity contribution in [1.29, 1.82) is 0 Å². The summed E-state index contributed by atoms with van der Waals surface area (Å²) < 4.78 is 0. The van der Waals surface area contributed by atoms with Gasteiger partial charge in [0.1, 0.15) is 0 Å². The van der Waals surface area contributed by atoms with Crippen molar-refractivity contribution in [2.24, 2.45) is 0 Å². The highest BCUT2D eigenvalue weighted by Gasteiger charge is 2.27. The van der Waals surface area contributed by atoms with Gasteiger partial charge in [-0.25, -0.2) is 0 Å². The van der Waals surface area contributed by atoms with Crippen LogP contribution in [0, 0.1) is 0 Å². The van der Waals surface area contributed by atoms with Crippen molar-refractivity contribution in [1.82, 2.24) is 5.32 Å². The van der Waals surface area contributed by atoms with Gasteiger partial charge in [0.15, 0.2) is 0 Å². The van der Waals surface area contributed by atoms with Crippen LogP contribution in [-0.4, -0.2) is 23.6 Å². The summed E-state index contributed by atoms with van der Waals surface area (Å²) in [5.74, 6) is 1.38. The van der Waals surface area contributed by atoms with Gasteiger partial charge in [-0.15, -0.1) is 0 Å². The predicted molar refractivity (Wildman–Crippen MR) is 78.7 cm³/mol. The summed E-state index contributed by atoms with van der Waals surface area (Å²) in [6.07, 6.45) is 13.6. The van der Waals surface area contributed by atoms with E-state index in [1.165, 1.54) is 63.7 Å². The Labute approximate surface area is 111 Å². The quantitative estimate of drug-likeness (QED) is 0.739. The zero-order valence-corrected chi connectivity index (χ0v) is 12.0. The van der Waals surface area contributed by atoms with E-state index < -0.39 is 0 Å². The first-order valence-corrected chi connectivity index (χ1v) is 8.50. The zero-order valence-electron chi connectivity index (χ0n) is 11.2. The molecule has 1 aliphatic heterocycles. The molecule has 0 spiro atoms. The number of rotatable bonds is 5. The first kappa shape index (κ1) is 13.5. The molecule has 0 radical (unpaired) electrons. The van der Waals surface area contributed by atoms with Crippen molar-refractivity contribution in [3.8, 4) is 0 Å². The average molecular weight is 253 g/mol. The molecule has 1 fully saturated rings. The minimum Gasteiger partial charge on any atom is -0.309 e. The van der Waals surface area contributed by atoms with Crippen molar-refractivity contribution in [2.75, 3.05) is 12.3 Å². The van der Waals surface area contributed by atoms with Crippen LogP contribution in [0.4, 0.5) is 0 Å². The second-order valence-electron chi connectivity index (χ2n) is 5.36. The molecule has 1 saturated heterocycles. The highest BCUT2D eigenvalue weighted by atomic mass is 32.2. The first-order valence-electron chi connectivity index (χ1n) is 7.45. The number of nitrogens with one attached hydrogen (secondary N) is 1. The molecule has 0 aromatic rings. The van der Waals surface area contributed by atoms with Crippen LogP contribution in [0.5, 0.6) is 0 Å². The summed E-state index contributed by atoms with van der Waals surface area (Å²) in [5, 5.41) is 4.67. The van der Waals surface area contributed by atoms with E-state index >= 15 is 0 Å². The molecule has 1 nitrogen and oxygen atoms in total. The van der Waals surface area contributed by atoms with Gasteiger partial charge in [-0.1, -0.05) is 25.0 Å². The van der Waals surface area contributed by atoms with E-state index in [9.17, 15) is 0 Å². The molecule has 2 atom stereocenters. The average Bonchev–Trinajstić information content (AvgIpc) is 2.73. The molecule has 1 N–H and O–H groups in total. The Kier molecular flexibility index (Phi) is 5.93. The van der Waals surface area contributed by atoms with Gasteiger partial charge < -0.3 is 5.32 Å². The molecule has 1 heterocycles. The third-order valence-electron chi connectivity index (χ3n) is 3.93. The van der Waals surface area contributed by atoms with Crippen molar-refractivity contribution < 1.29 is 0 Å². The van der Waals surface area contributed by atoms with Crippen LogP contribution in [0.2, 0.25) is 0 Å². The van der Waals surface area contributed by atoms with Gasteiger partial charge in [0, 0.05) is 11.3 Å². The second kappa shape index (κ2) is 7.48. The van der Waals surface area contributed by atoms with E-state index in [1.807, 2.05) is 0 Å².